The Hall–Kier alpha value is -2.34. The first kappa shape index (κ1) is 11.7. The van der Waals surface area contributed by atoms with Crippen molar-refractivity contribution >= 4 is 22.7 Å². The van der Waals surface area contributed by atoms with Crippen molar-refractivity contribution in [3.8, 4) is 0 Å². The number of aliphatic hydroxyl groups is 1. The Kier molecular flexibility index (Phi) is 2.36. The van der Waals surface area contributed by atoms with Gasteiger partial charge in [-0.1, -0.05) is 0 Å². The topological polar surface area (TPSA) is 91.0 Å². The summed E-state index contributed by atoms with van der Waals surface area (Å²) in [5.74, 6) is 0. The summed E-state index contributed by atoms with van der Waals surface area (Å²) in [6, 6.07) is 4.70. The highest BCUT2D eigenvalue weighted by Gasteiger charge is 2.34. The van der Waals surface area contributed by atoms with Crippen LogP contribution in [0.4, 0.5) is 10.5 Å². The summed E-state index contributed by atoms with van der Waals surface area (Å²) >= 11 is 0. The fraction of sp³-hybridized carbons (Fsp3) is 0.231. The van der Waals surface area contributed by atoms with E-state index in [9.17, 15) is 14.7 Å². The number of nitrogens with zero attached hydrogens (tertiary/aromatic N) is 1. The van der Waals surface area contributed by atoms with Crippen molar-refractivity contribution in [2.24, 2.45) is 0 Å². The van der Waals surface area contributed by atoms with E-state index in [2.05, 4.69) is 0 Å². The molecule has 3 rings (SSSR count). The number of aliphatic hydroxyl groups excluding tert-OH is 1. The zero-order valence-electron chi connectivity index (χ0n) is 10.1. The summed E-state index contributed by atoms with van der Waals surface area (Å²) in [6.07, 6.45) is -2.27. The van der Waals surface area contributed by atoms with Crippen LogP contribution in [0.25, 0.3) is 11.0 Å². The molecule has 0 bridgehead atoms. The van der Waals surface area contributed by atoms with Gasteiger partial charge >= 0.3 is 11.7 Å². The number of fused-ring (bicyclic) bond motifs is 3. The maximum absolute atomic E-state index is 11.4. The molecule has 1 atom stereocenters. The van der Waals surface area contributed by atoms with Gasteiger partial charge in [0.2, 0.25) is 0 Å². The van der Waals surface area contributed by atoms with Crippen LogP contribution in [0.3, 0.4) is 0 Å². The minimum Gasteiger partial charge on any atom is -0.465 e. The van der Waals surface area contributed by atoms with Gasteiger partial charge in [-0.25, -0.2) is 9.59 Å². The van der Waals surface area contributed by atoms with Gasteiger partial charge < -0.3 is 14.6 Å². The molecule has 2 aromatic rings. The summed E-state index contributed by atoms with van der Waals surface area (Å²) in [5.41, 5.74) is 1.54. The van der Waals surface area contributed by atoms with Crippen molar-refractivity contribution in [2.75, 3.05) is 4.90 Å². The van der Waals surface area contributed by atoms with Gasteiger partial charge in [0.15, 0.2) is 0 Å². The maximum atomic E-state index is 11.4. The second kappa shape index (κ2) is 3.83. The van der Waals surface area contributed by atoms with E-state index >= 15 is 0 Å². The minimum atomic E-state index is -1.24. The molecule has 6 nitrogen and oxygen atoms in total. The highest BCUT2D eigenvalue weighted by atomic mass is 16.4. The number of rotatable bonds is 0. The molecule has 0 spiro atoms. The first-order chi connectivity index (χ1) is 8.99. The van der Waals surface area contributed by atoms with Crippen LogP contribution in [-0.2, 0) is 6.42 Å². The van der Waals surface area contributed by atoms with Gasteiger partial charge in [-0.2, -0.15) is 0 Å². The fourth-order valence-corrected chi connectivity index (χ4v) is 2.52. The molecule has 2 heterocycles. The van der Waals surface area contributed by atoms with E-state index in [1.165, 1.54) is 6.07 Å². The van der Waals surface area contributed by atoms with Crippen molar-refractivity contribution in [1.29, 1.82) is 0 Å². The first-order valence-electron chi connectivity index (χ1n) is 5.75. The Labute approximate surface area is 107 Å². The number of amides is 1. The lowest BCUT2D eigenvalue weighted by Crippen LogP contribution is -2.36. The lowest BCUT2D eigenvalue weighted by molar-refractivity contribution is 0.154. The molecule has 19 heavy (non-hydrogen) atoms. The van der Waals surface area contributed by atoms with Gasteiger partial charge in [-0.3, -0.25) is 4.90 Å². The van der Waals surface area contributed by atoms with Gasteiger partial charge in [0.05, 0.1) is 5.69 Å². The summed E-state index contributed by atoms with van der Waals surface area (Å²) in [4.78, 5) is 23.4. The van der Waals surface area contributed by atoms with Gasteiger partial charge in [0, 0.05) is 23.4 Å². The Morgan fingerprint density at radius 2 is 2.21 bits per heavy atom. The third kappa shape index (κ3) is 1.61. The van der Waals surface area contributed by atoms with E-state index in [4.69, 9.17) is 9.52 Å². The van der Waals surface area contributed by atoms with E-state index in [1.807, 2.05) is 0 Å². The van der Waals surface area contributed by atoms with Crippen molar-refractivity contribution in [3.63, 3.8) is 0 Å². The molecule has 98 valence electrons. The van der Waals surface area contributed by atoms with Crippen molar-refractivity contribution in [3.05, 3.63) is 39.7 Å². The first-order valence-corrected chi connectivity index (χ1v) is 5.75. The molecule has 6 heteroatoms. The predicted molar refractivity (Wildman–Crippen MR) is 67.4 cm³/mol. The Morgan fingerprint density at radius 1 is 1.47 bits per heavy atom. The van der Waals surface area contributed by atoms with Gasteiger partial charge in [-0.05, 0) is 24.6 Å². The van der Waals surface area contributed by atoms with Gasteiger partial charge in [0.1, 0.15) is 11.8 Å². The quantitative estimate of drug-likeness (QED) is 0.700. The molecule has 0 radical (unpaired) electrons. The van der Waals surface area contributed by atoms with Crippen LogP contribution >= 0.6 is 0 Å². The predicted octanol–water partition coefficient (Wildman–Crippen LogP) is 1.46. The number of carboxylic acid groups (broad SMARTS) is 1. The van der Waals surface area contributed by atoms with E-state index < -0.39 is 17.9 Å². The molecule has 1 aromatic heterocycles. The molecule has 1 unspecified atom stereocenters. The van der Waals surface area contributed by atoms with E-state index in [0.29, 0.717) is 16.8 Å². The Balaban J connectivity index is 2.35. The van der Waals surface area contributed by atoms with Crippen LogP contribution in [0, 0.1) is 6.92 Å². The normalized spacial score (nSPS) is 17.8. The number of carbonyl (C=O) groups is 1. The minimum absolute atomic E-state index is 0.116. The summed E-state index contributed by atoms with van der Waals surface area (Å²) in [6.45, 7) is 1.78. The highest BCUT2D eigenvalue weighted by Crippen LogP contribution is 2.36. The third-order valence-electron chi connectivity index (χ3n) is 3.35. The zero-order chi connectivity index (χ0) is 13.7. The Bertz CT molecular complexity index is 749. The van der Waals surface area contributed by atoms with E-state index in [0.717, 1.165) is 15.8 Å². The second-order valence-corrected chi connectivity index (χ2v) is 4.53. The van der Waals surface area contributed by atoms with Crippen molar-refractivity contribution < 1.29 is 19.4 Å². The molecule has 0 saturated carbocycles. The second-order valence-electron chi connectivity index (χ2n) is 4.53. The van der Waals surface area contributed by atoms with Crippen LogP contribution in [0.5, 0.6) is 0 Å². The molecule has 2 N–H and O–H groups in total. The number of aryl methyl sites for hydroxylation is 1. The molecular formula is C13H11NO5. The smallest absolute Gasteiger partial charge is 0.413 e. The summed E-state index contributed by atoms with van der Waals surface area (Å²) in [7, 11) is 0. The molecule has 1 amide bonds. The highest BCUT2D eigenvalue weighted by molar-refractivity contribution is 5.96. The molecule has 0 fully saturated rings. The standard InChI is InChI=1S/C13H11NO5/c1-6-4-11(16)19-12-7(6)2-3-9-8(12)5-10(15)14(9)13(17)18/h2-4,10,15H,5H2,1H3,(H,17,18). The van der Waals surface area contributed by atoms with Crippen LogP contribution in [0.2, 0.25) is 0 Å². The number of hydrogen-bond donors (Lipinski definition) is 2. The molecule has 1 aromatic carbocycles. The Morgan fingerprint density at radius 3 is 2.89 bits per heavy atom. The van der Waals surface area contributed by atoms with Crippen LogP contribution in [-0.4, -0.2) is 22.5 Å². The van der Waals surface area contributed by atoms with Crippen LogP contribution < -0.4 is 10.5 Å². The summed E-state index contributed by atoms with van der Waals surface area (Å²) in [5, 5.41) is 19.6. The third-order valence-corrected chi connectivity index (χ3v) is 3.35. The average Bonchev–Trinajstić information content (AvgIpc) is 2.65. The number of benzene rings is 1. The van der Waals surface area contributed by atoms with Crippen LogP contribution in [0.1, 0.15) is 11.1 Å². The monoisotopic (exact) mass is 261 g/mol. The summed E-state index contributed by atoms with van der Waals surface area (Å²) < 4.78 is 5.18. The number of hydrogen-bond acceptors (Lipinski definition) is 4. The molecule has 0 saturated heterocycles. The fourth-order valence-electron chi connectivity index (χ4n) is 2.52. The number of anilines is 1. The SMILES string of the molecule is Cc1cc(=O)oc2c3c(ccc12)N(C(=O)O)C(O)C3. The lowest BCUT2D eigenvalue weighted by Gasteiger charge is -2.17. The molecule has 1 aliphatic rings. The molecular weight excluding hydrogens is 250 g/mol. The average molecular weight is 261 g/mol. The lowest BCUT2D eigenvalue weighted by atomic mass is 10.1. The van der Waals surface area contributed by atoms with Gasteiger partial charge in [-0.15, -0.1) is 0 Å². The van der Waals surface area contributed by atoms with Crippen LogP contribution in [0.15, 0.2) is 27.4 Å². The molecule has 1 aliphatic heterocycles. The zero-order valence-corrected chi connectivity index (χ0v) is 10.1. The van der Waals surface area contributed by atoms with E-state index in [1.54, 1.807) is 19.1 Å². The largest absolute Gasteiger partial charge is 0.465 e. The maximum Gasteiger partial charge on any atom is 0.413 e. The van der Waals surface area contributed by atoms with E-state index in [-0.39, 0.29) is 6.42 Å². The van der Waals surface area contributed by atoms with Gasteiger partial charge in [0.25, 0.3) is 0 Å². The van der Waals surface area contributed by atoms with Crippen molar-refractivity contribution in [1.82, 2.24) is 0 Å². The molecule has 0 aliphatic carbocycles. The van der Waals surface area contributed by atoms with Crippen molar-refractivity contribution in [2.45, 2.75) is 19.6 Å².